The van der Waals surface area contributed by atoms with Crippen LogP contribution in [0.2, 0.25) is 0 Å². The Morgan fingerprint density at radius 1 is 1.50 bits per heavy atom. The second kappa shape index (κ2) is 5.34. The summed E-state index contributed by atoms with van der Waals surface area (Å²) in [7, 11) is 1.64. The van der Waals surface area contributed by atoms with Gasteiger partial charge in [0.15, 0.2) is 0 Å². The van der Waals surface area contributed by atoms with Crippen molar-refractivity contribution in [2.75, 3.05) is 13.7 Å². The fourth-order valence-electron chi connectivity index (χ4n) is 1.26. The quantitative estimate of drug-likeness (QED) is 0.866. The van der Waals surface area contributed by atoms with Crippen molar-refractivity contribution in [3.63, 3.8) is 0 Å². The fourth-order valence-corrected chi connectivity index (χ4v) is 1.82. The van der Waals surface area contributed by atoms with Crippen molar-refractivity contribution in [2.24, 2.45) is 11.5 Å². The normalized spacial score (nSPS) is 12.6. The zero-order valence-electron chi connectivity index (χ0n) is 8.16. The summed E-state index contributed by atoms with van der Waals surface area (Å²) in [4.78, 5) is 0. The summed E-state index contributed by atoms with van der Waals surface area (Å²) >= 11 is 3.41. The van der Waals surface area contributed by atoms with Gasteiger partial charge in [-0.05, 0) is 46.6 Å². The number of halogens is 1. The maximum absolute atomic E-state index is 5.92. The maximum Gasteiger partial charge on any atom is 0.133 e. The molecular formula is C10H15BrN2O. The van der Waals surface area contributed by atoms with Crippen molar-refractivity contribution in [2.45, 2.75) is 12.5 Å². The van der Waals surface area contributed by atoms with Crippen LogP contribution < -0.4 is 16.2 Å². The van der Waals surface area contributed by atoms with Crippen LogP contribution >= 0.6 is 15.9 Å². The van der Waals surface area contributed by atoms with Gasteiger partial charge in [0.2, 0.25) is 0 Å². The molecule has 4 N–H and O–H groups in total. The molecule has 0 radical (unpaired) electrons. The predicted molar refractivity (Wildman–Crippen MR) is 61.3 cm³/mol. The minimum absolute atomic E-state index is 0.00204. The van der Waals surface area contributed by atoms with E-state index in [4.69, 9.17) is 16.2 Å². The molecule has 0 bridgehead atoms. The average Bonchev–Trinajstić information content (AvgIpc) is 2.18. The monoisotopic (exact) mass is 258 g/mol. The minimum atomic E-state index is 0.00204. The van der Waals surface area contributed by atoms with E-state index in [1.807, 2.05) is 18.2 Å². The molecule has 78 valence electrons. The van der Waals surface area contributed by atoms with E-state index in [1.165, 1.54) is 0 Å². The molecule has 4 heteroatoms. The lowest BCUT2D eigenvalue weighted by molar-refractivity contribution is 0.412. The predicted octanol–water partition coefficient (Wildman–Crippen LogP) is 1.81. The van der Waals surface area contributed by atoms with Crippen molar-refractivity contribution in [1.29, 1.82) is 0 Å². The van der Waals surface area contributed by atoms with Crippen molar-refractivity contribution >= 4 is 15.9 Å². The summed E-state index contributed by atoms with van der Waals surface area (Å²) in [6.07, 6.45) is 0.790. The minimum Gasteiger partial charge on any atom is -0.496 e. The highest BCUT2D eigenvalue weighted by Gasteiger charge is 2.07. The Hall–Kier alpha value is -0.580. The summed E-state index contributed by atoms with van der Waals surface area (Å²) in [5.74, 6) is 0.814. The molecule has 1 aromatic carbocycles. The number of hydrogen-bond donors (Lipinski definition) is 2. The van der Waals surface area contributed by atoms with E-state index < -0.39 is 0 Å². The first kappa shape index (κ1) is 11.5. The van der Waals surface area contributed by atoms with Crippen LogP contribution in [0.1, 0.15) is 18.0 Å². The van der Waals surface area contributed by atoms with Gasteiger partial charge in [-0.1, -0.05) is 6.07 Å². The number of rotatable bonds is 4. The van der Waals surface area contributed by atoms with E-state index >= 15 is 0 Å². The molecule has 0 heterocycles. The third-order valence-electron chi connectivity index (χ3n) is 2.08. The largest absolute Gasteiger partial charge is 0.496 e. The SMILES string of the molecule is COc1ccc(C(N)CCN)cc1Br. The second-order valence-electron chi connectivity index (χ2n) is 3.08. The molecule has 0 amide bonds. The molecule has 1 rings (SSSR count). The highest BCUT2D eigenvalue weighted by molar-refractivity contribution is 9.10. The Morgan fingerprint density at radius 2 is 2.21 bits per heavy atom. The summed E-state index contributed by atoms with van der Waals surface area (Å²) in [6.45, 7) is 0.602. The van der Waals surface area contributed by atoms with Crippen LogP contribution in [-0.4, -0.2) is 13.7 Å². The van der Waals surface area contributed by atoms with Gasteiger partial charge >= 0.3 is 0 Å². The molecule has 0 aliphatic rings. The van der Waals surface area contributed by atoms with Crippen LogP contribution in [0, 0.1) is 0 Å². The van der Waals surface area contributed by atoms with Gasteiger partial charge in [0, 0.05) is 6.04 Å². The van der Waals surface area contributed by atoms with Crippen molar-refractivity contribution in [3.8, 4) is 5.75 Å². The van der Waals surface area contributed by atoms with E-state index in [0.717, 1.165) is 22.2 Å². The molecule has 3 nitrogen and oxygen atoms in total. The lowest BCUT2D eigenvalue weighted by Gasteiger charge is -2.12. The molecule has 0 aliphatic heterocycles. The van der Waals surface area contributed by atoms with Crippen LogP contribution in [0.4, 0.5) is 0 Å². The van der Waals surface area contributed by atoms with Gasteiger partial charge in [0.05, 0.1) is 11.6 Å². The number of ether oxygens (including phenoxy) is 1. The Balaban J connectivity index is 2.85. The third kappa shape index (κ3) is 2.70. The Bertz CT molecular complexity index is 304. The number of nitrogens with two attached hydrogens (primary N) is 2. The van der Waals surface area contributed by atoms with Crippen molar-refractivity contribution in [3.05, 3.63) is 28.2 Å². The smallest absolute Gasteiger partial charge is 0.133 e. The highest BCUT2D eigenvalue weighted by atomic mass is 79.9. The Labute approximate surface area is 92.6 Å². The van der Waals surface area contributed by atoms with E-state index in [2.05, 4.69) is 15.9 Å². The van der Waals surface area contributed by atoms with Crippen LogP contribution in [0.15, 0.2) is 22.7 Å². The Morgan fingerprint density at radius 3 is 2.71 bits per heavy atom. The third-order valence-corrected chi connectivity index (χ3v) is 2.70. The lowest BCUT2D eigenvalue weighted by atomic mass is 10.0. The van der Waals surface area contributed by atoms with Gasteiger partial charge < -0.3 is 16.2 Å². The summed E-state index contributed by atoms with van der Waals surface area (Å²) in [6, 6.07) is 5.83. The van der Waals surface area contributed by atoms with Crippen molar-refractivity contribution in [1.82, 2.24) is 0 Å². The molecule has 0 spiro atoms. The van der Waals surface area contributed by atoms with E-state index in [-0.39, 0.29) is 6.04 Å². The van der Waals surface area contributed by atoms with Crippen LogP contribution in [0.5, 0.6) is 5.75 Å². The van der Waals surface area contributed by atoms with Crippen LogP contribution in [-0.2, 0) is 0 Å². The lowest BCUT2D eigenvalue weighted by Crippen LogP contribution is -2.15. The number of methoxy groups -OCH3 is 1. The Kier molecular flexibility index (Phi) is 4.38. The zero-order valence-corrected chi connectivity index (χ0v) is 9.75. The van der Waals surface area contributed by atoms with E-state index in [1.54, 1.807) is 7.11 Å². The van der Waals surface area contributed by atoms with E-state index in [0.29, 0.717) is 6.54 Å². The molecule has 1 unspecified atom stereocenters. The molecule has 1 atom stereocenters. The van der Waals surface area contributed by atoms with Crippen LogP contribution in [0.25, 0.3) is 0 Å². The van der Waals surface area contributed by atoms with Gasteiger partial charge in [-0.3, -0.25) is 0 Å². The van der Waals surface area contributed by atoms with Gasteiger partial charge in [-0.2, -0.15) is 0 Å². The molecule has 0 fully saturated rings. The number of hydrogen-bond acceptors (Lipinski definition) is 3. The molecule has 0 saturated carbocycles. The highest BCUT2D eigenvalue weighted by Crippen LogP contribution is 2.27. The topological polar surface area (TPSA) is 61.3 Å². The second-order valence-corrected chi connectivity index (χ2v) is 3.93. The molecule has 1 aromatic rings. The molecule has 0 aliphatic carbocycles. The standard InChI is InChI=1S/C10H15BrN2O/c1-14-10-3-2-7(6-8(10)11)9(13)4-5-12/h2-3,6,9H,4-5,12-13H2,1H3. The first-order valence-electron chi connectivity index (χ1n) is 4.48. The summed E-state index contributed by atoms with van der Waals surface area (Å²) in [5, 5.41) is 0. The molecule has 0 aromatic heterocycles. The van der Waals surface area contributed by atoms with Gasteiger partial charge in [0.1, 0.15) is 5.75 Å². The zero-order chi connectivity index (χ0) is 10.6. The number of benzene rings is 1. The van der Waals surface area contributed by atoms with Crippen LogP contribution in [0.3, 0.4) is 0 Å². The van der Waals surface area contributed by atoms with Gasteiger partial charge in [-0.25, -0.2) is 0 Å². The average molecular weight is 259 g/mol. The molecule has 0 saturated heterocycles. The van der Waals surface area contributed by atoms with Gasteiger partial charge in [-0.15, -0.1) is 0 Å². The van der Waals surface area contributed by atoms with Gasteiger partial charge in [0.25, 0.3) is 0 Å². The first-order chi connectivity index (χ1) is 6.69. The van der Waals surface area contributed by atoms with Crippen molar-refractivity contribution < 1.29 is 4.74 Å². The molecule has 14 heavy (non-hydrogen) atoms. The summed E-state index contributed by atoms with van der Waals surface area (Å²) in [5.41, 5.74) is 12.4. The maximum atomic E-state index is 5.92. The molecular weight excluding hydrogens is 244 g/mol. The first-order valence-corrected chi connectivity index (χ1v) is 5.27. The fraction of sp³-hybridized carbons (Fsp3) is 0.400. The van der Waals surface area contributed by atoms with E-state index in [9.17, 15) is 0 Å². The summed E-state index contributed by atoms with van der Waals surface area (Å²) < 4.78 is 6.05.